The zero-order valence-corrected chi connectivity index (χ0v) is 10.0. The Morgan fingerprint density at radius 2 is 2.12 bits per heavy atom. The van der Waals surface area contributed by atoms with E-state index in [1.165, 1.54) is 10.9 Å². The van der Waals surface area contributed by atoms with Crippen LogP contribution in [0.15, 0.2) is 6.20 Å². The molecule has 0 spiro atoms. The Morgan fingerprint density at radius 1 is 1.47 bits per heavy atom. The van der Waals surface area contributed by atoms with Gasteiger partial charge in [-0.15, -0.1) is 5.10 Å². The molecule has 1 unspecified atom stereocenters. The molecule has 7 nitrogen and oxygen atoms in total. The van der Waals surface area contributed by atoms with Crippen molar-refractivity contribution in [1.29, 1.82) is 0 Å². The second-order valence-electron chi connectivity index (χ2n) is 4.21. The standard InChI is InChI=1S/C10H16N4O3/c1-6(2)7(3)11-9(15)5-14-4-8(10(16)17)12-13-14/h4,6-7H,5H2,1-3H3,(H,11,15)(H,16,17). The van der Waals surface area contributed by atoms with Crippen molar-refractivity contribution in [3.8, 4) is 0 Å². The van der Waals surface area contributed by atoms with Gasteiger partial charge in [-0.1, -0.05) is 19.1 Å². The lowest BCUT2D eigenvalue weighted by Crippen LogP contribution is -2.38. The molecular weight excluding hydrogens is 224 g/mol. The first-order chi connectivity index (χ1) is 7.90. The number of hydrogen-bond acceptors (Lipinski definition) is 4. The number of carbonyl (C=O) groups excluding carboxylic acids is 1. The van der Waals surface area contributed by atoms with Gasteiger partial charge in [-0.2, -0.15) is 0 Å². The van der Waals surface area contributed by atoms with Crippen molar-refractivity contribution in [2.45, 2.75) is 33.4 Å². The molecule has 0 aliphatic rings. The highest BCUT2D eigenvalue weighted by molar-refractivity contribution is 5.84. The number of carbonyl (C=O) groups is 2. The van der Waals surface area contributed by atoms with Gasteiger partial charge in [0, 0.05) is 6.04 Å². The largest absolute Gasteiger partial charge is 0.476 e. The normalized spacial score (nSPS) is 12.5. The summed E-state index contributed by atoms with van der Waals surface area (Å²) in [5, 5.41) is 18.4. The maximum Gasteiger partial charge on any atom is 0.358 e. The molecule has 1 aromatic heterocycles. The Kier molecular flexibility index (Phi) is 4.19. The van der Waals surface area contributed by atoms with Crippen molar-refractivity contribution in [3.05, 3.63) is 11.9 Å². The third-order valence-electron chi connectivity index (χ3n) is 2.45. The van der Waals surface area contributed by atoms with Gasteiger partial charge in [0.05, 0.1) is 6.20 Å². The summed E-state index contributed by atoms with van der Waals surface area (Å²) in [5.41, 5.74) is -0.172. The van der Waals surface area contributed by atoms with Crippen molar-refractivity contribution in [2.75, 3.05) is 0 Å². The number of carboxylic acid groups (broad SMARTS) is 1. The number of nitrogens with zero attached hydrogens (tertiary/aromatic N) is 3. The third-order valence-corrected chi connectivity index (χ3v) is 2.45. The number of amides is 1. The molecule has 0 aromatic carbocycles. The molecule has 0 aliphatic heterocycles. The highest BCUT2D eigenvalue weighted by atomic mass is 16.4. The smallest absolute Gasteiger partial charge is 0.358 e. The summed E-state index contributed by atoms with van der Waals surface area (Å²) in [6.07, 6.45) is 1.22. The van der Waals surface area contributed by atoms with E-state index in [1.807, 2.05) is 20.8 Å². The van der Waals surface area contributed by atoms with Crippen LogP contribution >= 0.6 is 0 Å². The second kappa shape index (κ2) is 5.42. The van der Waals surface area contributed by atoms with Crippen molar-refractivity contribution in [2.24, 2.45) is 5.92 Å². The fourth-order valence-electron chi connectivity index (χ4n) is 1.09. The molecule has 1 heterocycles. The molecule has 0 bridgehead atoms. The summed E-state index contributed by atoms with van der Waals surface area (Å²) in [6, 6.07) is 0.0602. The number of hydrogen-bond donors (Lipinski definition) is 2. The monoisotopic (exact) mass is 240 g/mol. The third kappa shape index (κ3) is 3.86. The van der Waals surface area contributed by atoms with Crippen LogP contribution in [-0.2, 0) is 11.3 Å². The SMILES string of the molecule is CC(C)C(C)NC(=O)Cn1cc(C(=O)O)nn1. The molecule has 0 fully saturated rings. The molecule has 1 aromatic rings. The van der Waals surface area contributed by atoms with Gasteiger partial charge in [-0.25, -0.2) is 9.48 Å². The number of aromatic carboxylic acids is 1. The Morgan fingerprint density at radius 3 is 2.59 bits per heavy atom. The number of rotatable bonds is 5. The summed E-state index contributed by atoms with van der Waals surface area (Å²) in [4.78, 5) is 22.1. The van der Waals surface area contributed by atoms with Crippen molar-refractivity contribution in [3.63, 3.8) is 0 Å². The van der Waals surface area contributed by atoms with E-state index in [4.69, 9.17) is 5.11 Å². The lowest BCUT2D eigenvalue weighted by molar-refractivity contribution is -0.122. The lowest BCUT2D eigenvalue weighted by atomic mass is 10.1. The summed E-state index contributed by atoms with van der Waals surface area (Å²) in [7, 11) is 0. The van der Waals surface area contributed by atoms with Gasteiger partial charge >= 0.3 is 5.97 Å². The van der Waals surface area contributed by atoms with Gasteiger partial charge in [0.25, 0.3) is 0 Å². The fraction of sp³-hybridized carbons (Fsp3) is 0.600. The molecule has 94 valence electrons. The Balaban J connectivity index is 2.53. The van der Waals surface area contributed by atoms with Gasteiger partial charge in [-0.05, 0) is 12.8 Å². The quantitative estimate of drug-likeness (QED) is 0.762. The van der Waals surface area contributed by atoms with E-state index in [0.717, 1.165) is 0 Å². The van der Waals surface area contributed by atoms with Crippen LogP contribution < -0.4 is 5.32 Å². The van der Waals surface area contributed by atoms with E-state index in [9.17, 15) is 9.59 Å². The molecule has 0 saturated carbocycles. The van der Waals surface area contributed by atoms with E-state index in [1.54, 1.807) is 0 Å². The van der Waals surface area contributed by atoms with Crippen LogP contribution in [0, 0.1) is 5.92 Å². The summed E-state index contributed by atoms with van der Waals surface area (Å²) in [5.74, 6) is -1.04. The number of aromatic nitrogens is 3. The first-order valence-corrected chi connectivity index (χ1v) is 5.33. The van der Waals surface area contributed by atoms with E-state index in [2.05, 4.69) is 15.6 Å². The molecule has 0 radical (unpaired) electrons. The molecule has 1 atom stereocenters. The summed E-state index contributed by atoms with van der Waals surface area (Å²) >= 11 is 0. The zero-order valence-electron chi connectivity index (χ0n) is 10.0. The van der Waals surface area contributed by atoms with E-state index < -0.39 is 5.97 Å². The number of carboxylic acids is 1. The minimum Gasteiger partial charge on any atom is -0.476 e. The average Bonchev–Trinajstić information content (AvgIpc) is 2.65. The minimum absolute atomic E-state index is 0.0304. The van der Waals surface area contributed by atoms with Crippen LogP contribution in [-0.4, -0.2) is 38.0 Å². The van der Waals surface area contributed by atoms with Crippen LogP contribution in [0.5, 0.6) is 0 Å². The van der Waals surface area contributed by atoms with Crippen molar-refractivity contribution < 1.29 is 14.7 Å². The van der Waals surface area contributed by atoms with Gasteiger partial charge in [-0.3, -0.25) is 4.79 Å². The maximum atomic E-state index is 11.6. The summed E-state index contributed by atoms with van der Waals surface area (Å²) < 4.78 is 1.20. The Labute approximate surface area is 98.8 Å². The van der Waals surface area contributed by atoms with Gasteiger partial charge in [0.2, 0.25) is 5.91 Å². The van der Waals surface area contributed by atoms with E-state index in [-0.39, 0.29) is 24.2 Å². The van der Waals surface area contributed by atoms with E-state index >= 15 is 0 Å². The van der Waals surface area contributed by atoms with E-state index in [0.29, 0.717) is 5.92 Å². The number of nitrogens with one attached hydrogen (secondary N) is 1. The van der Waals surface area contributed by atoms with Crippen molar-refractivity contribution in [1.82, 2.24) is 20.3 Å². The van der Waals surface area contributed by atoms with Crippen LogP contribution in [0.1, 0.15) is 31.3 Å². The molecule has 1 amide bonds. The molecule has 2 N–H and O–H groups in total. The maximum absolute atomic E-state index is 11.6. The lowest BCUT2D eigenvalue weighted by Gasteiger charge is -2.17. The zero-order chi connectivity index (χ0) is 13.0. The summed E-state index contributed by atoms with van der Waals surface area (Å²) in [6.45, 7) is 5.88. The van der Waals surface area contributed by atoms with Crippen LogP contribution in [0.4, 0.5) is 0 Å². The molecular formula is C10H16N4O3. The second-order valence-corrected chi connectivity index (χ2v) is 4.21. The first kappa shape index (κ1) is 13.1. The Hall–Kier alpha value is -1.92. The average molecular weight is 240 g/mol. The molecule has 1 rings (SSSR count). The Bertz CT molecular complexity index is 413. The van der Waals surface area contributed by atoms with Crippen LogP contribution in [0.3, 0.4) is 0 Å². The molecule has 17 heavy (non-hydrogen) atoms. The van der Waals surface area contributed by atoms with Gasteiger partial charge in [0.15, 0.2) is 5.69 Å². The highest BCUT2D eigenvalue weighted by Gasteiger charge is 2.13. The first-order valence-electron chi connectivity index (χ1n) is 5.33. The fourth-order valence-corrected chi connectivity index (χ4v) is 1.09. The molecule has 7 heteroatoms. The predicted molar refractivity (Wildman–Crippen MR) is 59.4 cm³/mol. The minimum atomic E-state index is -1.16. The predicted octanol–water partition coefficient (Wildman–Crippen LogP) is 0.137. The van der Waals surface area contributed by atoms with Crippen LogP contribution in [0.2, 0.25) is 0 Å². The van der Waals surface area contributed by atoms with Gasteiger partial charge < -0.3 is 10.4 Å². The topological polar surface area (TPSA) is 97.1 Å². The highest BCUT2D eigenvalue weighted by Crippen LogP contribution is 2.00. The van der Waals surface area contributed by atoms with Crippen molar-refractivity contribution >= 4 is 11.9 Å². The molecule has 0 saturated heterocycles. The van der Waals surface area contributed by atoms with Gasteiger partial charge in [0.1, 0.15) is 6.54 Å². The molecule has 0 aliphatic carbocycles. The van der Waals surface area contributed by atoms with Crippen LogP contribution in [0.25, 0.3) is 0 Å².